The van der Waals surface area contributed by atoms with Gasteiger partial charge in [0.2, 0.25) is 10.0 Å². The quantitative estimate of drug-likeness (QED) is 0.822. The highest BCUT2D eigenvalue weighted by atomic mass is 32.2. The van der Waals surface area contributed by atoms with Crippen LogP contribution in [0.15, 0.2) is 11.1 Å². The van der Waals surface area contributed by atoms with Crippen LogP contribution in [0.2, 0.25) is 0 Å². The van der Waals surface area contributed by atoms with Crippen molar-refractivity contribution >= 4 is 10.0 Å². The van der Waals surface area contributed by atoms with Crippen LogP contribution in [-0.2, 0) is 16.6 Å². The van der Waals surface area contributed by atoms with Gasteiger partial charge in [-0.2, -0.15) is 9.40 Å². The average Bonchev–Trinajstić information content (AvgIpc) is 2.72. The first-order valence-electron chi connectivity index (χ1n) is 6.10. The van der Waals surface area contributed by atoms with Gasteiger partial charge >= 0.3 is 0 Å². The lowest BCUT2D eigenvalue weighted by Crippen LogP contribution is -2.35. The standard InChI is InChI=1S/C11H19N3O2S/c1-3-14-10(2)11(9-12-14)17(15,16)13-7-5-4-6-8-13/h9H,3-8H2,1-2H3. The Labute approximate surface area is 102 Å². The van der Waals surface area contributed by atoms with E-state index in [1.165, 1.54) is 6.20 Å². The SMILES string of the molecule is CCn1ncc(S(=O)(=O)N2CCCCC2)c1C. The lowest BCUT2D eigenvalue weighted by Gasteiger charge is -2.25. The molecule has 0 aromatic carbocycles. The van der Waals surface area contributed by atoms with Crippen molar-refractivity contribution in [3.05, 3.63) is 11.9 Å². The molecule has 1 aromatic heterocycles. The Balaban J connectivity index is 2.33. The lowest BCUT2D eigenvalue weighted by molar-refractivity contribution is 0.346. The molecule has 6 heteroatoms. The Hall–Kier alpha value is -0.880. The monoisotopic (exact) mass is 257 g/mol. The second-order valence-corrected chi connectivity index (χ2v) is 6.28. The van der Waals surface area contributed by atoms with Gasteiger partial charge in [0, 0.05) is 19.6 Å². The van der Waals surface area contributed by atoms with Gasteiger partial charge in [-0.15, -0.1) is 0 Å². The summed E-state index contributed by atoms with van der Waals surface area (Å²) in [7, 11) is -3.33. The highest BCUT2D eigenvalue weighted by Crippen LogP contribution is 2.22. The molecule has 0 bridgehead atoms. The first-order valence-corrected chi connectivity index (χ1v) is 7.54. The zero-order valence-corrected chi connectivity index (χ0v) is 11.2. The zero-order chi connectivity index (χ0) is 12.5. The highest BCUT2D eigenvalue weighted by molar-refractivity contribution is 7.89. The molecular weight excluding hydrogens is 238 g/mol. The molecule has 96 valence electrons. The molecule has 1 fully saturated rings. The minimum absolute atomic E-state index is 0.362. The van der Waals surface area contributed by atoms with Gasteiger partial charge in [0.15, 0.2) is 0 Å². The number of nitrogens with zero attached hydrogens (tertiary/aromatic N) is 3. The third-order valence-corrected chi connectivity index (χ3v) is 5.29. The lowest BCUT2D eigenvalue weighted by atomic mass is 10.2. The second-order valence-electron chi connectivity index (χ2n) is 4.37. The topological polar surface area (TPSA) is 55.2 Å². The van der Waals surface area contributed by atoms with E-state index in [2.05, 4.69) is 5.10 Å². The molecular formula is C11H19N3O2S. The fourth-order valence-electron chi connectivity index (χ4n) is 2.25. The van der Waals surface area contributed by atoms with E-state index >= 15 is 0 Å². The maximum atomic E-state index is 12.4. The summed E-state index contributed by atoms with van der Waals surface area (Å²) in [5, 5.41) is 4.11. The predicted octanol–water partition coefficient (Wildman–Crippen LogP) is 1.39. The molecule has 1 saturated heterocycles. The van der Waals surface area contributed by atoms with Crippen molar-refractivity contribution in [1.29, 1.82) is 0 Å². The average molecular weight is 257 g/mol. The van der Waals surface area contributed by atoms with Crippen molar-refractivity contribution in [2.24, 2.45) is 0 Å². The van der Waals surface area contributed by atoms with Crippen molar-refractivity contribution in [3.63, 3.8) is 0 Å². The van der Waals surface area contributed by atoms with Crippen LogP contribution in [0.5, 0.6) is 0 Å². The van der Waals surface area contributed by atoms with E-state index in [0.29, 0.717) is 24.5 Å². The van der Waals surface area contributed by atoms with Crippen molar-refractivity contribution in [1.82, 2.24) is 14.1 Å². The molecule has 0 saturated carbocycles. The molecule has 0 unspecified atom stereocenters. The second kappa shape index (κ2) is 4.78. The molecule has 1 aromatic rings. The molecule has 0 spiro atoms. The van der Waals surface area contributed by atoms with Gasteiger partial charge in [0.05, 0.1) is 11.9 Å². The summed E-state index contributed by atoms with van der Waals surface area (Å²) < 4.78 is 28.1. The summed E-state index contributed by atoms with van der Waals surface area (Å²) in [6.07, 6.45) is 4.52. The Bertz CT molecular complexity index is 487. The summed E-state index contributed by atoms with van der Waals surface area (Å²) in [5.41, 5.74) is 0.734. The molecule has 5 nitrogen and oxygen atoms in total. The fourth-order valence-corrected chi connectivity index (χ4v) is 3.92. The number of sulfonamides is 1. The number of rotatable bonds is 3. The minimum atomic E-state index is -3.33. The van der Waals surface area contributed by atoms with Gasteiger partial charge in [0.25, 0.3) is 0 Å². The van der Waals surface area contributed by atoms with E-state index in [9.17, 15) is 8.42 Å². The van der Waals surface area contributed by atoms with E-state index in [-0.39, 0.29) is 0 Å². The maximum Gasteiger partial charge on any atom is 0.246 e. The molecule has 2 heterocycles. The summed E-state index contributed by atoms with van der Waals surface area (Å²) in [5.74, 6) is 0. The maximum absolute atomic E-state index is 12.4. The minimum Gasteiger partial charge on any atom is -0.269 e. The van der Waals surface area contributed by atoms with E-state index in [0.717, 1.165) is 25.0 Å². The first-order chi connectivity index (χ1) is 8.07. The fraction of sp³-hybridized carbons (Fsp3) is 0.727. The van der Waals surface area contributed by atoms with E-state index in [4.69, 9.17) is 0 Å². The number of hydrogen-bond acceptors (Lipinski definition) is 3. The molecule has 1 aliphatic heterocycles. The number of aromatic nitrogens is 2. The largest absolute Gasteiger partial charge is 0.269 e. The predicted molar refractivity (Wildman–Crippen MR) is 65.2 cm³/mol. The van der Waals surface area contributed by atoms with Crippen molar-refractivity contribution in [2.45, 2.75) is 44.6 Å². The summed E-state index contributed by atoms with van der Waals surface area (Å²) in [6, 6.07) is 0. The molecule has 1 aliphatic rings. The van der Waals surface area contributed by atoms with Gasteiger partial charge in [0.1, 0.15) is 4.90 Å². The normalized spacial score (nSPS) is 18.5. The Morgan fingerprint density at radius 2 is 1.94 bits per heavy atom. The zero-order valence-electron chi connectivity index (χ0n) is 10.4. The van der Waals surface area contributed by atoms with Crippen LogP contribution in [0.1, 0.15) is 31.9 Å². The molecule has 2 rings (SSSR count). The third kappa shape index (κ3) is 2.24. The van der Waals surface area contributed by atoms with Crippen LogP contribution in [0.3, 0.4) is 0 Å². The number of piperidine rings is 1. The first kappa shape index (κ1) is 12.6. The molecule has 0 amide bonds. The number of aryl methyl sites for hydroxylation is 1. The van der Waals surface area contributed by atoms with E-state index in [1.807, 2.05) is 13.8 Å². The molecule has 0 aliphatic carbocycles. The molecule has 0 atom stereocenters. The molecule has 0 N–H and O–H groups in total. The van der Waals surface area contributed by atoms with Crippen LogP contribution < -0.4 is 0 Å². The van der Waals surface area contributed by atoms with Crippen molar-refractivity contribution < 1.29 is 8.42 Å². The molecule has 17 heavy (non-hydrogen) atoms. The van der Waals surface area contributed by atoms with Crippen molar-refractivity contribution in [2.75, 3.05) is 13.1 Å². The summed E-state index contributed by atoms with van der Waals surface area (Å²) in [4.78, 5) is 0.362. The van der Waals surface area contributed by atoms with Gasteiger partial charge in [-0.3, -0.25) is 4.68 Å². The molecule has 0 radical (unpaired) electrons. The Morgan fingerprint density at radius 3 is 2.47 bits per heavy atom. The van der Waals surface area contributed by atoms with Gasteiger partial charge < -0.3 is 0 Å². The number of hydrogen-bond donors (Lipinski definition) is 0. The summed E-state index contributed by atoms with van der Waals surface area (Å²) >= 11 is 0. The van der Waals surface area contributed by atoms with E-state index < -0.39 is 10.0 Å². The van der Waals surface area contributed by atoms with Crippen molar-refractivity contribution in [3.8, 4) is 0 Å². The van der Waals surface area contributed by atoms with E-state index in [1.54, 1.807) is 8.99 Å². The van der Waals surface area contributed by atoms with Crippen LogP contribution in [0.25, 0.3) is 0 Å². The van der Waals surface area contributed by atoms with Crippen LogP contribution in [0.4, 0.5) is 0 Å². The van der Waals surface area contributed by atoms with Crippen LogP contribution >= 0.6 is 0 Å². The van der Waals surface area contributed by atoms with Gasteiger partial charge in [-0.05, 0) is 26.7 Å². The van der Waals surface area contributed by atoms with Gasteiger partial charge in [-0.25, -0.2) is 8.42 Å². The van der Waals surface area contributed by atoms with Crippen LogP contribution in [-0.4, -0.2) is 35.6 Å². The summed E-state index contributed by atoms with van der Waals surface area (Å²) in [6.45, 7) is 5.74. The Kier molecular flexibility index (Phi) is 3.53. The van der Waals surface area contributed by atoms with Crippen LogP contribution in [0, 0.1) is 6.92 Å². The third-order valence-electron chi connectivity index (χ3n) is 3.29. The Morgan fingerprint density at radius 1 is 1.29 bits per heavy atom. The highest BCUT2D eigenvalue weighted by Gasteiger charge is 2.29. The van der Waals surface area contributed by atoms with Gasteiger partial charge in [-0.1, -0.05) is 6.42 Å². The smallest absolute Gasteiger partial charge is 0.246 e.